The fourth-order valence-electron chi connectivity index (χ4n) is 1.51. The Morgan fingerprint density at radius 1 is 1.43 bits per heavy atom. The molecule has 23 heavy (non-hydrogen) atoms. The molecule has 2 unspecified atom stereocenters. The highest BCUT2D eigenvalue weighted by Gasteiger charge is 2.38. The number of aliphatic carboxylic acids is 1. The van der Waals surface area contributed by atoms with Gasteiger partial charge in [-0.15, -0.1) is 0 Å². The molecule has 2 N–H and O–H groups in total. The summed E-state index contributed by atoms with van der Waals surface area (Å²) in [7, 11) is 0. The van der Waals surface area contributed by atoms with Gasteiger partial charge in [-0.2, -0.15) is 13.2 Å². The van der Waals surface area contributed by atoms with Gasteiger partial charge in [0, 0.05) is 12.4 Å². The van der Waals surface area contributed by atoms with Crippen LogP contribution in [0.1, 0.15) is 31.0 Å². The Balaban J connectivity index is 0.000000585. The third-order valence-electron chi connectivity index (χ3n) is 2.59. The van der Waals surface area contributed by atoms with Crippen LogP contribution in [0.4, 0.5) is 17.6 Å². The van der Waals surface area contributed by atoms with E-state index >= 15 is 0 Å². The zero-order valence-electron chi connectivity index (χ0n) is 12.2. The molecule has 0 aliphatic rings. The van der Waals surface area contributed by atoms with Gasteiger partial charge < -0.3 is 10.4 Å². The zero-order valence-corrected chi connectivity index (χ0v) is 13.0. The van der Waals surface area contributed by atoms with Crippen molar-refractivity contribution < 1.29 is 32.3 Å². The van der Waals surface area contributed by atoms with E-state index in [2.05, 4.69) is 10.3 Å². The lowest BCUT2D eigenvalue weighted by molar-refractivity contribution is -0.192. The maximum absolute atomic E-state index is 12.5. The Hall–Kier alpha value is -1.90. The van der Waals surface area contributed by atoms with Crippen molar-refractivity contribution >= 4 is 23.5 Å². The van der Waals surface area contributed by atoms with Gasteiger partial charge in [-0.25, -0.2) is 9.18 Å². The number of aryl methyl sites for hydroxylation is 1. The van der Waals surface area contributed by atoms with Gasteiger partial charge in [-0.05, 0) is 30.5 Å². The number of aromatic nitrogens is 1. The second-order valence-electron chi connectivity index (χ2n) is 4.26. The normalized spacial score (nSPS) is 13.3. The van der Waals surface area contributed by atoms with Gasteiger partial charge >= 0.3 is 12.1 Å². The number of rotatable bonds is 4. The van der Waals surface area contributed by atoms with Crippen molar-refractivity contribution in [1.29, 1.82) is 0 Å². The zero-order chi connectivity index (χ0) is 18.2. The summed E-state index contributed by atoms with van der Waals surface area (Å²) in [5, 5.41) is 9.62. The quantitative estimate of drug-likeness (QED) is 0.640. The minimum absolute atomic E-state index is 0.276. The molecule has 0 saturated heterocycles. The Morgan fingerprint density at radius 2 is 1.96 bits per heavy atom. The summed E-state index contributed by atoms with van der Waals surface area (Å²) in [5.41, 5.74) is -0.0437. The Kier molecular flexibility index (Phi) is 8.52. The van der Waals surface area contributed by atoms with Crippen LogP contribution < -0.4 is 5.32 Å². The number of hydrogen-bond acceptors (Lipinski definition) is 3. The van der Waals surface area contributed by atoms with E-state index < -0.39 is 23.7 Å². The summed E-state index contributed by atoms with van der Waals surface area (Å²) in [6.07, 6.45) is -0.889. The van der Waals surface area contributed by atoms with Crippen LogP contribution in [-0.2, 0) is 16.0 Å². The fourth-order valence-corrected chi connectivity index (χ4v) is 1.57. The van der Waals surface area contributed by atoms with Gasteiger partial charge in [0.25, 0.3) is 11.5 Å². The summed E-state index contributed by atoms with van der Waals surface area (Å²) in [5.74, 6) is -3.57. The van der Waals surface area contributed by atoms with Crippen LogP contribution in [0.5, 0.6) is 0 Å². The molecule has 1 heterocycles. The van der Waals surface area contributed by atoms with E-state index in [1.807, 2.05) is 13.0 Å². The molecule has 130 valence electrons. The van der Waals surface area contributed by atoms with Crippen LogP contribution in [0.3, 0.4) is 0 Å². The largest absolute Gasteiger partial charge is 0.490 e. The predicted octanol–water partition coefficient (Wildman–Crippen LogP) is 2.99. The van der Waals surface area contributed by atoms with Crippen molar-refractivity contribution in [2.75, 3.05) is 0 Å². The number of amides is 1. The molecule has 0 bridgehead atoms. The predicted molar refractivity (Wildman–Crippen MR) is 74.6 cm³/mol. The Morgan fingerprint density at radius 3 is 2.35 bits per heavy atom. The summed E-state index contributed by atoms with van der Waals surface area (Å²) < 4.78 is 44.2. The number of carboxylic acids is 1. The topological polar surface area (TPSA) is 79.3 Å². The number of nitrogens with zero attached hydrogens (tertiary/aromatic N) is 1. The van der Waals surface area contributed by atoms with E-state index in [1.54, 1.807) is 19.3 Å². The second kappa shape index (κ2) is 9.29. The molecule has 1 amide bonds. The van der Waals surface area contributed by atoms with Crippen molar-refractivity contribution in [2.45, 2.75) is 38.1 Å². The molecular formula is C13H15ClF4N2O3. The maximum atomic E-state index is 12.5. The Labute approximate surface area is 134 Å². The molecule has 0 spiro atoms. The monoisotopic (exact) mass is 358 g/mol. The average Bonchev–Trinajstić information content (AvgIpc) is 2.46. The first-order valence-electron chi connectivity index (χ1n) is 6.32. The molecular weight excluding hydrogens is 344 g/mol. The standard InChI is InChI=1S/C11H14ClFN2O.C2HF3O2/c1-3-8-6-14-5-4-9(8)7(2)15-11(16)10(12)13;3-2(4,5)1(6)7/h4-7,10H,3H2,1-2H3,(H,15,16);(H,6,7). The number of carbonyl (C=O) groups is 2. The van der Waals surface area contributed by atoms with Crippen LogP contribution >= 0.6 is 11.6 Å². The summed E-state index contributed by atoms with van der Waals surface area (Å²) in [4.78, 5) is 24.0. The van der Waals surface area contributed by atoms with E-state index in [1.165, 1.54) is 0 Å². The van der Waals surface area contributed by atoms with Gasteiger partial charge in [0.1, 0.15) is 0 Å². The van der Waals surface area contributed by atoms with Gasteiger partial charge in [-0.1, -0.05) is 18.5 Å². The number of halogens is 5. The van der Waals surface area contributed by atoms with E-state index in [-0.39, 0.29) is 6.04 Å². The van der Waals surface area contributed by atoms with Crippen molar-refractivity contribution in [3.05, 3.63) is 29.6 Å². The van der Waals surface area contributed by atoms with E-state index in [9.17, 15) is 22.4 Å². The molecule has 0 aliphatic heterocycles. The molecule has 2 atom stereocenters. The first-order valence-corrected chi connectivity index (χ1v) is 6.75. The minimum atomic E-state index is -5.08. The highest BCUT2D eigenvalue weighted by Crippen LogP contribution is 2.17. The highest BCUT2D eigenvalue weighted by molar-refractivity contribution is 6.29. The molecule has 0 aromatic carbocycles. The summed E-state index contributed by atoms with van der Waals surface area (Å²) in [6.45, 7) is 3.78. The first kappa shape index (κ1) is 21.1. The number of pyridine rings is 1. The molecule has 1 aromatic heterocycles. The number of alkyl halides is 5. The molecule has 10 heteroatoms. The van der Waals surface area contributed by atoms with Crippen molar-refractivity contribution in [3.63, 3.8) is 0 Å². The van der Waals surface area contributed by atoms with Gasteiger partial charge in [0.05, 0.1) is 6.04 Å². The van der Waals surface area contributed by atoms with E-state index in [0.29, 0.717) is 0 Å². The van der Waals surface area contributed by atoms with Crippen LogP contribution in [0.2, 0.25) is 0 Å². The molecule has 0 fully saturated rings. The van der Waals surface area contributed by atoms with E-state index in [4.69, 9.17) is 21.5 Å². The van der Waals surface area contributed by atoms with Crippen LogP contribution in [0.15, 0.2) is 18.5 Å². The lowest BCUT2D eigenvalue weighted by Gasteiger charge is -2.17. The van der Waals surface area contributed by atoms with Crippen molar-refractivity contribution in [3.8, 4) is 0 Å². The lowest BCUT2D eigenvalue weighted by atomic mass is 10.0. The number of nitrogens with one attached hydrogen (secondary N) is 1. The molecule has 0 radical (unpaired) electrons. The van der Waals surface area contributed by atoms with Crippen molar-refractivity contribution in [1.82, 2.24) is 10.3 Å². The van der Waals surface area contributed by atoms with Gasteiger partial charge in [0.2, 0.25) is 0 Å². The smallest absolute Gasteiger partial charge is 0.475 e. The summed E-state index contributed by atoms with van der Waals surface area (Å²) in [6, 6.07) is 1.54. The number of hydrogen-bond donors (Lipinski definition) is 2. The highest BCUT2D eigenvalue weighted by atomic mass is 35.5. The molecule has 5 nitrogen and oxygen atoms in total. The van der Waals surface area contributed by atoms with Crippen LogP contribution in [-0.4, -0.2) is 33.8 Å². The molecule has 1 rings (SSSR count). The van der Waals surface area contributed by atoms with Crippen LogP contribution in [0.25, 0.3) is 0 Å². The fraction of sp³-hybridized carbons (Fsp3) is 0.462. The van der Waals surface area contributed by atoms with Gasteiger partial charge in [-0.3, -0.25) is 9.78 Å². The minimum Gasteiger partial charge on any atom is -0.475 e. The number of carbonyl (C=O) groups excluding carboxylic acids is 1. The first-order chi connectivity index (χ1) is 10.5. The molecule has 0 saturated carbocycles. The SMILES string of the molecule is CCc1cnccc1C(C)NC(=O)C(F)Cl.O=C(O)C(F)(F)F. The third-order valence-corrected chi connectivity index (χ3v) is 2.79. The van der Waals surface area contributed by atoms with E-state index in [0.717, 1.165) is 17.5 Å². The summed E-state index contributed by atoms with van der Waals surface area (Å²) >= 11 is 5.04. The molecule has 0 aliphatic carbocycles. The van der Waals surface area contributed by atoms with Gasteiger partial charge in [0.15, 0.2) is 0 Å². The van der Waals surface area contributed by atoms with Crippen molar-refractivity contribution in [2.24, 2.45) is 0 Å². The Bertz CT molecular complexity index is 538. The second-order valence-corrected chi connectivity index (χ2v) is 4.65. The maximum Gasteiger partial charge on any atom is 0.490 e. The number of carboxylic acid groups (broad SMARTS) is 1. The molecule has 1 aromatic rings. The third kappa shape index (κ3) is 7.78. The van der Waals surface area contributed by atoms with Crippen LogP contribution in [0, 0.1) is 0 Å². The average molecular weight is 359 g/mol. The lowest BCUT2D eigenvalue weighted by Crippen LogP contribution is -2.31.